The number of imidazole rings is 1. The molecule has 4 rings (SSSR count). The molecule has 3 N–H and O–H groups in total. The molecule has 28 heavy (non-hydrogen) atoms. The fraction of sp³-hybridized carbons (Fsp3) is 0. The number of carbonyl (C=O) groups excluding carboxylic acids is 1. The van der Waals surface area contributed by atoms with Gasteiger partial charge in [0, 0.05) is 10.7 Å². The Bertz CT molecular complexity index is 1120. The van der Waals surface area contributed by atoms with Gasteiger partial charge in [-0.25, -0.2) is 15.2 Å². The second kappa shape index (κ2) is 8.20. The Kier molecular flexibility index (Phi) is 5.31. The number of halogens is 1. The Morgan fingerprint density at radius 3 is 2.93 bits per heavy atom. The lowest BCUT2D eigenvalue weighted by molar-refractivity contribution is 0.252. The SMILES string of the molecule is O=C(N/N=C/c1ccc(Sc2nc3ccccc3[nH]2)o1)Nc1cccc(Cl)c1. The Morgan fingerprint density at radius 1 is 1.18 bits per heavy atom. The molecule has 0 aliphatic carbocycles. The summed E-state index contributed by atoms with van der Waals surface area (Å²) in [6, 6.07) is 17.7. The van der Waals surface area contributed by atoms with Crippen LogP contribution in [0.3, 0.4) is 0 Å². The Morgan fingerprint density at radius 2 is 2.07 bits per heavy atom. The van der Waals surface area contributed by atoms with E-state index in [-0.39, 0.29) is 0 Å². The predicted molar refractivity (Wildman–Crippen MR) is 110 cm³/mol. The number of benzene rings is 2. The molecule has 9 heteroatoms. The van der Waals surface area contributed by atoms with E-state index in [0.29, 0.717) is 21.6 Å². The smallest absolute Gasteiger partial charge is 0.339 e. The third-order valence-corrected chi connectivity index (χ3v) is 4.65. The summed E-state index contributed by atoms with van der Waals surface area (Å²) in [4.78, 5) is 19.5. The van der Waals surface area contributed by atoms with Crippen molar-refractivity contribution in [3.8, 4) is 0 Å². The number of amides is 2. The van der Waals surface area contributed by atoms with Crippen LogP contribution in [0, 0.1) is 0 Å². The summed E-state index contributed by atoms with van der Waals surface area (Å²) in [5.41, 5.74) is 4.80. The number of hydrogen-bond acceptors (Lipinski definition) is 5. The normalized spacial score (nSPS) is 11.2. The largest absolute Gasteiger partial charge is 0.448 e. The molecule has 0 unspecified atom stereocenters. The second-order valence-electron chi connectivity index (χ2n) is 5.65. The third-order valence-electron chi connectivity index (χ3n) is 3.61. The number of furan rings is 1. The first-order valence-electron chi connectivity index (χ1n) is 8.24. The van der Waals surface area contributed by atoms with Crippen molar-refractivity contribution >= 4 is 52.3 Å². The highest BCUT2D eigenvalue weighted by Gasteiger charge is 2.07. The molecular weight excluding hydrogens is 398 g/mol. The molecule has 0 fully saturated rings. The quantitative estimate of drug-likeness (QED) is 0.314. The molecule has 0 bridgehead atoms. The van der Waals surface area contributed by atoms with Gasteiger partial charge >= 0.3 is 6.03 Å². The van der Waals surface area contributed by atoms with Crippen molar-refractivity contribution in [2.75, 3.05) is 5.32 Å². The van der Waals surface area contributed by atoms with Crippen LogP contribution in [0.5, 0.6) is 0 Å². The number of hydrazone groups is 1. The number of nitrogens with one attached hydrogen (secondary N) is 3. The molecule has 0 aliphatic heterocycles. The van der Waals surface area contributed by atoms with Crippen LogP contribution in [0.25, 0.3) is 11.0 Å². The molecule has 0 aliphatic rings. The van der Waals surface area contributed by atoms with Gasteiger partial charge < -0.3 is 14.7 Å². The summed E-state index contributed by atoms with van der Waals surface area (Å²) < 4.78 is 5.66. The number of para-hydroxylation sites is 2. The van der Waals surface area contributed by atoms with Gasteiger partial charge in [0.05, 0.1) is 17.2 Å². The third kappa shape index (κ3) is 4.54. The Hall–Kier alpha value is -3.23. The molecule has 2 aromatic carbocycles. The Labute approximate surface area is 169 Å². The summed E-state index contributed by atoms with van der Waals surface area (Å²) in [7, 11) is 0. The first-order valence-corrected chi connectivity index (χ1v) is 9.43. The van der Waals surface area contributed by atoms with Crippen molar-refractivity contribution in [3.63, 3.8) is 0 Å². The molecule has 7 nitrogen and oxygen atoms in total. The number of urea groups is 1. The van der Waals surface area contributed by atoms with Crippen LogP contribution < -0.4 is 10.7 Å². The van der Waals surface area contributed by atoms with Gasteiger partial charge in [0.1, 0.15) is 5.76 Å². The van der Waals surface area contributed by atoms with E-state index in [1.165, 1.54) is 18.0 Å². The monoisotopic (exact) mass is 411 g/mol. The van der Waals surface area contributed by atoms with Crippen LogP contribution >= 0.6 is 23.4 Å². The standard InChI is InChI=1S/C19H14ClN5O2S/c20-12-4-3-5-13(10-12)22-18(26)25-21-11-14-8-9-17(27-14)28-19-23-15-6-1-2-7-16(15)24-19/h1-11H,(H,23,24)(H2,22,25,26)/b21-11+. The molecule has 140 valence electrons. The minimum Gasteiger partial charge on any atom is -0.448 e. The number of hydrogen-bond donors (Lipinski definition) is 3. The molecule has 0 saturated heterocycles. The van der Waals surface area contributed by atoms with E-state index in [2.05, 4.69) is 25.8 Å². The van der Waals surface area contributed by atoms with E-state index in [9.17, 15) is 4.79 Å². The number of aromatic amines is 1. The van der Waals surface area contributed by atoms with Gasteiger partial charge in [0.15, 0.2) is 10.2 Å². The summed E-state index contributed by atoms with van der Waals surface area (Å²) >= 11 is 7.24. The number of nitrogens with zero attached hydrogens (tertiary/aromatic N) is 2. The molecule has 2 amide bonds. The molecule has 2 heterocycles. The van der Waals surface area contributed by atoms with Gasteiger partial charge in [-0.15, -0.1) is 0 Å². The zero-order valence-electron chi connectivity index (χ0n) is 14.3. The molecule has 0 spiro atoms. The van der Waals surface area contributed by atoms with E-state index >= 15 is 0 Å². The van der Waals surface area contributed by atoms with Crippen molar-refractivity contribution < 1.29 is 9.21 Å². The maximum atomic E-state index is 11.8. The summed E-state index contributed by atoms with van der Waals surface area (Å²) in [5, 5.41) is 8.42. The minimum atomic E-state index is -0.484. The van der Waals surface area contributed by atoms with Gasteiger partial charge in [0.2, 0.25) is 0 Å². The molecular formula is C19H14ClN5O2S. The van der Waals surface area contributed by atoms with Gasteiger partial charge in [-0.2, -0.15) is 5.10 Å². The highest BCUT2D eigenvalue weighted by Crippen LogP contribution is 2.28. The molecule has 2 aromatic heterocycles. The van der Waals surface area contributed by atoms with Crippen molar-refractivity contribution in [2.24, 2.45) is 5.10 Å². The Balaban J connectivity index is 1.33. The van der Waals surface area contributed by atoms with Crippen molar-refractivity contribution in [1.82, 2.24) is 15.4 Å². The highest BCUT2D eigenvalue weighted by atomic mass is 35.5. The van der Waals surface area contributed by atoms with E-state index in [4.69, 9.17) is 16.0 Å². The van der Waals surface area contributed by atoms with Crippen LogP contribution in [0.1, 0.15) is 5.76 Å². The van der Waals surface area contributed by atoms with E-state index < -0.39 is 6.03 Å². The maximum Gasteiger partial charge on any atom is 0.339 e. The molecule has 0 saturated carbocycles. The number of H-pyrrole nitrogens is 1. The lowest BCUT2D eigenvalue weighted by Gasteiger charge is -2.03. The zero-order valence-corrected chi connectivity index (χ0v) is 15.9. The van der Waals surface area contributed by atoms with Crippen LogP contribution in [0.2, 0.25) is 5.02 Å². The molecule has 0 atom stereocenters. The maximum absolute atomic E-state index is 11.8. The number of aromatic nitrogens is 2. The number of anilines is 1. The predicted octanol–water partition coefficient (Wildman–Crippen LogP) is 5.12. The molecule has 0 radical (unpaired) electrons. The topological polar surface area (TPSA) is 95.3 Å². The van der Waals surface area contributed by atoms with Gasteiger partial charge in [-0.05, 0) is 54.2 Å². The number of carbonyl (C=O) groups is 1. The number of fused-ring (bicyclic) bond motifs is 1. The fourth-order valence-corrected chi connectivity index (χ4v) is 3.37. The van der Waals surface area contributed by atoms with Crippen LogP contribution in [-0.2, 0) is 0 Å². The van der Waals surface area contributed by atoms with Gasteiger partial charge in [0.25, 0.3) is 0 Å². The summed E-state index contributed by atoms with van der Waals surface area (Å²) in [6.07, 6.45) is 1.42. The van der Waals surface area contributed by atoms with E-state index in [0.717, 1.165) is 16.2 Å². The second-order valence-corrected chi connectivity index (χ2v) is 7.08. The highest BCUT2D eigenvalue weighted by molar-refractivity contribution is 7.99. The van der Waals surface area contributed by atoms with Crippen molar-refractivity contribution in [2.45, 2.75) is 10.2 Å². The van der Waals surface area contributed by atoms with Gasteiger partial charge in [-0.3, -0.25) is 0 Å². The summed E-state index contributed by atoms with van der Waals surface area (Å²) in [6.45, 7) is 0. The number of rotatable bonds is 5. The van der Waals surface area contributed by atoms with Crippen LogP contribution in [0.4, 0.5) is 10.5 Å². The average molecular weight is 412 g/mol. The first-order chi connectivity index (χ1) is 13.7. The van der Waals surface area contributed by atoms with Crippen LogP contribution in [0.15, 0.2) is 80.4 Å². The zero-order chi connectivity index (χ0) is 19.3. The van der Waals surface area contributed by atoms with Crippen LogP contribution in [-0.4, -0.2) is 22.2 Å². The van der Waals surface area contributed by atoms with E-state index in [1.54, 1.807) is 30.3 Å². The lowest BCUT2D eigenvalue weighted by Crippen LogP contribution is -2.24. The van der Waals surface area contributed by atoms with Gasteiger partial charge in [-0.1, -0.05) is 29.8 Å². The summed E-state index contributed by atoms with van der Waals surface area (Å²) in [5.74, 6) is 0.502. The first kappa shape index (κ1) is 18.1. The minimum absolute atomic E-state index is 0.484. The van der Waals surface area contributed by atoms with Crippen molar-refractivity contribution in [1.29, 1.82) is 0 Å². The lowest BCUT2D eigenvalue weighted by atomic mass is 10.3. The fourth-order valence-electron chi connectivity index (χ4n) is 2.41. The van der Waals surface area contributed by atoms with E-state index in [1.807, 2.05) is 30.3 Å². The van der Waals surface area contributed by atoms with Crippen molar-refractivity contribution in [3.05, 3.63) is 71.4 Å². The average Bonchev–Trinajstić information content (AvgIpc) is 3.28. The molecule has 4 aromatic rings.